The van der Waals surface area contributed by atoms with E-state index in [2.05, 4.69) is 0 Å². The molecule has 4 heteroatoms. The number of nitrogens with zero attached hydrogens (tertiary/aromatic N) is 1. The van der Waals surface area contributed by atoms with Gasteiger partial charge < -0.3 is 10.5 Å². The quantitative estimate of drug-likeness (QED) is 0.854. The summed E-state index contributed by atoms with van der Waals surface area (Å²) in [6.45, 7) is 0.711. The molecule has 1 unspecified atom stereocenters. The van der Waals surface area contributed by atoms with Gasteiger partial charge in [0.05, 0.1) is 7.11 Å². The third-order valence-corrected chi connectivity index (χ3v) is 3.75. The highest BCUT2D eigenvalue weighted by Crippen LogP contribution is 2.22. The minimum atomic E-state index is -0.420. The molecule has 0 aliphatic rings. The number of amides is 1. The maximum absolute atomic E-state index is 11.8. The number of ether oxygens (including phenoxy) is 1. The Morgan fingerprint density at radius 3 is 2.41 bits per heavy atom. The Hall–Kier alpha value is -2.33. The summed E-state index contributed by atoms with van der Waals surface area (Å²) >= 11 is 0. The lowest BCUT2D eigenvalue weighted by atomic mass is 10.0. The van der Waals surface area contributed by atoms with E-state index in [0.717, 1.165) is 23.3 Å². The molecular weight excluding hydrogens is 276 g/mol. The molecule has 2 rings (SSSR count). The monoisotopic (exact) mass is 298 g/mol. The van der Waals surface area contributed by atoms with Crippen LogP contribution in [0.25, 0.3) is 0 Å². The van der Waals surface area contributed by atoms with Gasteiger partial charge in [-0.2, -0.15) is 0 Å². The van der Waals surface area contributed by atoms with Crippen LogP contribution in [0, 0.1) is 0 Å². The molecule has 0 fully saturated rings. The lowest BCUT2D eigenvalue weighted by Crippen LogP contribution is -2.36. The van der Waals surface area contributed by atoms with Crippen LogP contribution < -0.4 is 10.5 Å². The van der Waals surface area contributed by atoms with Crippen molar-refractivity contribution in [3.63, 3.8) is 0 Å². The maximum atomic E-state index is 11.8. The smallest absolute Gasteiger partial charge is 0.239 e. The SMILES string of the molecule is COc1ccccc1CCN(C)C(C(N)=O)c1ccccc1. The molecule has 0 saturated heterocycles. The van der Waals surface area contributed by atoms with Crippen molar-refractivity contribution in [3.8, 4) is 5.75 Å². The van der Waals surface area contributed by atoms with Gasteiger partial charge in [0.2, 0.25) is 5.91 Å². The summed E-state index contributed by atoms with van der Waals surface area (Å²) < 4.78 is 5.36. The van der Waals surface area contributed by atoms with Gasteiger partial charge in [0, 0.05) is 6.54 Å². The number of benzene rings is 2. The number of hydrogen-bond donors (Lipinski definition) is 1. The van der Waals surface area contributed by atoms with Crippen LogP contribution in [0.4, 0.5) is 0 Å². The van der Waals surface area contributed by atoms with E-state index < -0.39 is 6.04 Å². The molecule has 1 atom stereocenters. The number of nitrogens with two attached hydrogens (primary N) is 1. The first-order chi connectivity index (χ1) is 10.6. The van der Waals surface area contributed by atoms with Crippen LogP contribution in [0.1, 0.15) is 17.2 Å². The van der Waals surface area contributed by atoms with Crippen LogP contribution in [0.5, 0.6) is 5.75 Å². The first-order valence-corrected chi connectivity index (χ1v) is 7.30. The third-order valence-electron chi connectivity index (χ3n) is 3.75. The van der Waals surface area contributed by atoms with E-state index >= 15 is 0 Å². The molecule has 0 heterocycles. The Labute approximate surface area is 131 Å². The van der Waals surface area contributed by atoms with Gasteiger partial charge in [-0.3, -0.25) is 9.69 Å². The van der Waals surface area contributed by atoms with Gasteiger partial charge in [0.15, 0.2) is 0 Å². The second-order valence-corrected chi connectivity index (χ2v) is 5.26. The van der Waals surface area contributed by atoms with E-state index in [4.69, 9.17) is 10.5 Å². The van der Waals surface area contributed by atoms with Gasteiger partial charge in [-0.1, -0.05) is 48.5 Å². The first kappa shape index (κ1) is 16.0. The van der Waals surface area contributed by atoms with E-state index in [9.17, 15) is 4.79 Å². The van der Waals surface area contributed by atoms with Gasteiger partial charge in [-0.05, 0) is 30.7 Å². The van der Waals surface area contributed by atoms with E-state index in [-0.39, 0.29) is 5.91 Å². The van der Waals surface area contributed by atoms with Gasteiger partial charge in [0.1, 0.15) is 11.8 Å². The second kappa shape index (κ2) is 7.61. The van der Waals surface area contributed by atoms with Crippen molar-refractivity contribution in [3.05, 3.63) is 65.7 Å². The fourth-order valence-corrected chi connectivity index (χ4v) is 2.61. The zero-order valence-electron chi connectivity index (χ0n) is 13.0. The Balaban J connectivity index is 2.09. The van der Waals surface area contributed by atoms with Crippen LogP contribution >= 0.6 is 0 Å². The lowest BCUT2D eigenvalue weighted by Gasteiger charge is -2.26. The number of carbonyl (C=O) groups is 1. The van der Waals surface area contributed by atoms with Crippen molar-refractivity contribution in [2.75, 3.05) is 20.7 Å². The van der Waals surface area contributed by atoms with Gasteiger partial charge in [0.25, 0.3) is 0 Å². The highest BCUT2D eigenvalue weighted by molar-refractivity contribution is 5.81. The van der Waals surface area contributed by atoms with E-state index in [1.165, 1.54) is 0 Å². The van der Waals surface area contributed by atoms with E-state index in [1.807, 2.05) is 66.5 Å². The van der Waals surface area contributed by atoms with Crippen LogP contribution in [0.2, 0.25) is 0 Å². The highest BCUT2D eigenvalue weighted by atomic mass is 16.5. The largest absolute Gasteiger partial charge is 0.496 e. The number of rotatable bonds is 7. The molecule has 22 heavy (non-hydrogen) atoms. The summed E-state index contributed by atoms with van der Waals surface area (Å²) in [7, 11) is 3.58. The third kappa shape index (κ3) is 3.86. The molecule has 0 spiro atoms. The molecule has 0 aromatic heterocycles. The van der Waals surface area contributed by atoms with E-state index in [0.29, 0.717) is 6.54 Å². The zero-order valence-corrected chi connectivity index (χ0v) is 13.0. The van der Waals surface area contributed by atoms with Crippen molar-refractivity contribution < 1.29 is 9.53 Å². The molecule has 0 saturated carbocycles. The summed E-state index contributed by atoms with van der Waals surface area (Å²) in [6.07, 6.45) is 0.789. The number of hydrogen-bond acceptors (Lipinski definition) is 3. The zero-order chi connectivity index (χ0) is 15.9. The van der Waals surface area contributed by atoms with Crippen molar-refractivity contribution in [2.45, 2.75) is 12.5 Å². The first-order valence-electron chi connectivity index (χ1n) is 7.30. The molecule has 0 aliphatic carbocycles. The summed E-state index contributed by atoms with van der Waals surface area (Å²) in [4.78, 5) is 13.8. The Morgan fingerprint density at radius 2 is 1.77 bits per heavy atom. The predicted octanol–water partition coefficient (Wildman–Crippen LogP) is 2.40. The normalized spacial score (nSPS) is 12.1. The number of primary amides is 1. The van der Waals surface area contributed by atoms with Crippen LogP contribution in [0.3, 0.4) is 0 Å². The average Bonchev–Trinajstić information content (AvgIpc) is 2.54. The number of likely N-dealkylation sites (N-methyl/N-ethyl adjacent to an activating group) is 1. The van der Waals surface area contributed by atoms with Gasteiger partial charge in [-0.15, -0.1) is 0 Å². The predicted molar refractivity (Wildman–Crippen MR) is 87.7 cm³/mol. The molecule has 2 N–H and O–H groups in total. The highest BCUT2D eigenvalue weighted by Gasteiger charge is 2.22. The van der Waals surface area contributed by atoms with Crippen LogP contribution in [-0.4, -0.2) is 31.5 Å². The van der Waals surface area contributed by atoms with Crippen molar-refractivity contribution >= 4 is 5.91 Å². The Bertz CT molecular complexity index is 613. The average molecular weight is 298 g/mol. The van der Waals surface area contributed by atoms with Crippen LogP contribution in [0.15, 0.2) is 54.6 Å². The summed E-state index contributed by atoms with van der Waals surface area (Å²) in [6, 6.07) is 17.1. The van der Waals surface area contributed by atoms with Gasteiger partial charge >= 0.3 is 0 Å². The second-order valence-electron chi connectivity index (χ2n) is 5.26. The molecule has 2 aromatic carbocycles. The number of carbonyl (C=O) groups excluding carboxylic acids is 1. The summed E-state index contributed by atoms with van der Waals surface area (Å²) in [5.41, 5.74) is 7.62. The van der Waals surface area contributed by atoms with E-state index in [1.54, 1.807) is 7.11 Å². The number of methoxy groups -OCH3 is 1. The van der Waals surface area contributed by atoms with Crippen molar-refractivity contribution in [1.82, 2.24) is 4.90 Å². The topological polar surface area (TPSA) is 55.6 Å². The summed E-state index contributed by atoms with van der Waals surface area (Å²) in [5.74, 6) is 0.528. The molecule has 0 bridgehead atoms. The molecular formula is C18H22N2O2. The molecule has 2 aromatic rings. The van der Waals surface area contributed by atoms with Crippen molar-refractivity contribution in [1.29, 1.82) is 0 Å². The minimum absolute atomic E-state index is 0.339. The minimum Gasteiger partial charge on any atom is -0.496 e. The summed E-state index contributed by atoms with van der Waals surface area (Å²) in [5, 5.41) is 0. The fourth-order valence-electron chi connectivity index (χ4n) is 2.61. The van der Waals surface area contributed by atoms with Crippen LogP contribution in [-0.2, 0) is 11.2 Å². The molecule has 1 amide bonds. The molecule has 116 valence electrons. The fraction of sp³-hybridized carbons (Fsp3) is 0.278. The lowest BCUT2D eigenvalue weighted by molar-refractivity contribution is -0.123. The molecule has 4 nitrogen and oxygen atoms in total. The molecule has 0 aliphatic heterocycles. The Morgan fingerprint density at radius 1 is 1.14 bits per heavy atom. The number of para-hydroxylation sites is 1. The Kier molecular flexibility index (Phi) is 5.55. The van der Waals surface area contributed by atoms with Gasteiger partial charge in [-0.25, -0.2) is 0 Å². The van der Waals surface area contributed by atoms with Crippen molar-refractivity contribution in [2.24, 2.45) is 5.73 Å². The molecule has 0 radical (unpaired) electrons. The standard InChI is InChI=1S/C18H22N2O2/c1-20(13-12-14-8-6-7-11-16(14)22-2)17(18(19)21)15-9-4-3-5-10-15/h3-11,17H,12-13H2,1-2H3,(H2,19,21). The maximum Gasteiger partial charge on any atom is 0.239 e.